The first-order valence-electron chi connectivity index (χ1n) is 6.75. The summed E-state index contributed by atoms with van der Waals surface area (Å²) in [7, 11) is 0. The van der Waals surface area contributed by atoms with Gasteiger partial charge < -0.3 is 0 Å². The summed E-state index contributed by atoms with van der Waals surface area (Å²) in [5.41, 5.74) is -1.44. The third-order valence-corrected chi connectivity index (χ3v) is 1.90. The molecular formula is C15H21NO6. The van der Waals surface area contributed by atoms with Crippen molar-refractivity contribution >= 4 is 11.9 Å². The molecule has 0 spiro atoms. The van der Waals surface area contributed by atoms with Gasteiger partial charge in [-0.1, -0.05) is 6.07 Å². The van der Waals surface area contributed by atoms with Crippen molar-refractivity contribution in [3.8, 4) is 0 Å². The molecule has 0 bridgehead atoms. The Labute approximate surface area is 129 Å². The molecule has 1 aromatic rings. The molecule has 0 radical (unpaired) electrons. The second kappa shape index (κ2) is 6.85. The van der Waals surface area contributed by atoms with Crippen LogP contribution in [0.3, 0.4) is 0 Å². The lowest BCUT2D eigenvalue weighted by atomic mass is 10.2. The van der Waals surface area contributed by atoms with E-state index in [4.69, 9.17) is 9.78 Å². The Bertz CT molecular complexity index is 496. The Balaban J connectivity index is 2.73. The Morgan fingerprint density at radius 1 is 0.818 bits per heavy atom. The van der Waals surface area contributed by atoms with Gasteiger partial charge in [-0.2, -0.15) is 9.78 Å². The summed E-state index contributed by atoms with van der Waals surface area (Å²) in [6.45, 7) is 10.4. The maximum Gasteiger partial charge on any atom is 0.391 e. The van der Waals surface area contributed by atoms with Crippen LogP contribution in [0.2, 0.25) is 0 Å². The van der Waals surface area contributed by atoms with E-state index in [1.165, 1.54) is 18.2 Å². The summed E-state index contributed by atoms with van der Waals surface area (Å²) in [5, 5.41) is 0. The molecule has 7 heteroatoms. The van der Waals surface area contributed by atoms with Crippen LogP contribution in [0.5, 0.6) is 0 Å². The number of rotatable bonds is 4. The van der Waals surface area contributed by atoms with Crippen LogP contribution in [0.4, 0.5) is 0 Å². The monoisotopic (exact) mass is 311 g/mol. The average Bonchev–Trinajstić information content (AvgIpc) is 2.40. The van der Waals surface area contributed by atoms with Crippen LogP contribution in [0.15, 0.2) is 18.2 Å². The fraction of sp³-hybridized carbons (Fsp3) is 0.533. The molecule has 0 amide bonds. The van der Waals surface area contributed by atoms with Gasteiger partial charge in [0.05, 0.1) is 0 Å². The van der Waals surface area contributed by atoms with Crippen molar-refractivity contribution in [2.45, 2.75) is 52.7 Å². The van der Waals surface area contributed by atoms with Crippen LogP contribution in [0, 0.1) is 0 Å². The molecule has 0 aromatic carbocycles. The molecule has 1 aromatic heterocycles. The summed E-state index contributed by atoms with van der Waals surface area (Å²) in [6.07, 6.45) is 0. The first-order valence-corrected chi connectivity index (χ1v) is 6.75. The Hall–Kier alpha value is -1.99. The SMILES string of the molecule is CC(C)(C)OOC(=O)c1cccc(C(=O)OOC(C)(C)C)n1. The number of aromatic nitrogens is 1. The molecule has 1 rings (SSSR count). The van der Waals surface area contributed by atoms with E-state index in [0.717, 1.165) is 0 Å². The zero-order valence-electron chi connectivity index (χ0n) is 13.6. The van der Waals surface area contributed by atoms with E-state index >= 15 is 0 Å². The highest BCUT2D eigenvalue weighted by Gasteiger charge is 2.21. The van der Waals surface area contributed by atoms with Gasteiger partial charge in [0.25, 0.3) is 0 Å². The van der Waals surface area contributed by atoms with E-state index in [1.54, 1.807) is 41.5 Å². The molecule has 7 nitrogen and oxygen atoms in total. The number of pyridine rings is 1. The van der Waals surface area contributed by atoms with E-state index < -0.39 is 23.1 Å². The predicted octanol–water partition coefficient (Wildman–Crippen LogP) is 2.86. The normalized spacial score (nSPS) is 11.9. The first-order chi connectivity index (χ1) is 9.98. The zero-order chi connectivity index (χ0) is 17.0. The molecule has 0 unspecified atom stereocenters. The third kappa shape index (κ3) is 6.64. The Morgan fingerprint density at radius 3 is 1.50 bits per heavy atom. The second-order valence-electron chi connectivity index (χ2n) is 6.54. The number of nitrogens with zero attached hydrogens (tertiary/aromatic N) is 1. The van der Waals surface area contributed by atoms with E-state index in [9.17, 15) is 9.59 Å². The van der Waals surface area contributed by atoms with E-state index in [1.807, 2.05) is 0 Å². The van der Waals surface area contributed by atoms with Gasteiger partial charge in [-0.05, 0) is 53.7 Å². The number of hydrogen-bond acceptors (Lipinski definition) is 7. The lowest BCUT2D eigenvalue weighted by Gasteiger charge is -2.17. The van der Waals surface area contributed by atoms with Crippen LogP contribution < -0.4 is 0 Å². The number of carbonyl (C=O) groups excluding carboxylic acids is 2. The van der Waals surface area contributed by atoms with Crippen molar-refractivity contribution in [3.05, 3.63) is 29.6 Å². The zero-order valence-corrected chi connectivity index (χ0v) is 13.6. The maximum atomic E-state index is 11.8. The minimum absolute atomic E-state index is 0.0746. The number of hydrogen-bond donors (Lipinski definition) is 0. The minimum atomic E-state index is -0.804. The van der Waals surface area contributed by atoms with Crippen LogP contribution in [0.25, 0.3) is 0 Å². The molecule has 1 heterocycles. The van der Waals surface area contributed by atoms with E-state index in [-0.39, 0.29) is 11.4 Å². The second-order valence-corrected chi connectivity index (χ2v) is 6.54. The number of carbonyl (C=O) groups is 2. The quantitative estimate of drug-likeness (QED) is 0.624. The van der Waals surface area contributed by atoms with Crippen LogP contribution in [-0.4, -0.2) is 28.1 Å². The topological polar surface area (TPSA) is 84.0 Å². The van der Waals surface area contributed by atoms with Crippen molar-refractivity contribution in [1.29, 1.82) is 0 Å². The fourth-order valence-corrected chi connectivity index (χ4v) is 1.07. The molecule has 0 fully saturated rings. The summed E-state index contributed by atoms with van der Waals surface area (Å²) in [6, 6.07) is 4.28. The van der Waals surface area contributed by atoms with Crippen molar-refractivity contribution in [1.82, 2.24) is 4.98 Å². The molecule has 0 aliphatic heterocycles. The van der Waals surface area contributed by atoms with Gasteiger partial charge in [-0.15, -0.1) is 0 Å². The van der Waals surface area contributed by atoms with Gasteiger partial charge in [0.2, 0.25) is 0 Å². The summed E-state index contributed by atoms with van der Waals surface area (Å²) < 4.78 is 0. The van der Waals surface area contributed by atoms with Crippen molar-refractivity contribution in [3.63, 3.8) is 0 Å². The van der Waals surface area contributed by atoms with Gasteiger partial charge in [0.1, 0.15) is 11.2 Å². The first kappa shape index (κ1) is 18.1. The molecule has 0 saturated heterocycles. The van der Waals surface area contributed by atoms with Crippen molar-refractivity contribution in [2.24, 2.45) is 0 Å². The van der Waals surface area contributed by atoms with Crippen molar-refractivity contribution in [2.75, 3.05) is 0 Å². The standard InChI is InChI=1S/C15H21NO6/c1-14(2,3)21-19-12(17)10-8-7-9-11(16-10)13(18)20-22-15(4,5)6/h7-9H,1-6H3. The molecule has 0 N–H and O–H groups in total. The summed E-state index contributed by atoms with van der Waals surface area (Å²) >= 11 is 0. The average molecular weight is 311 g/mol. The Kier molecular flexibility index (Phi) is 5.62. The molecule has 122 valence electrons. The van der Waals surface area contributed by atoms with Gasteiger partial charge in [0, 0.05) is 0 Å². The lowest BCUT2D eigenvalue weighted by molar-refractivity contribution is -0.301. The summed E-state index contributed by atoms with van der Waals surface area (Å²) in [5.74, 6) is -1.61. The van der Waals surface area contributed by atoms with Gasteiger partial charge >= 0.3 is 11.9 Å². The Morgan fingerprint density at radius 2 is 1.18 bits per heavy atom. The van der Waals surface area contributed by atoms with Gasteiger partial charge in [-0.25, -0.2) is 14.6 Å². The molecule has 0 aliphatic carbocycles. The lowest BCUT2D eigenvalue weighted by Crippen LogP contribution is -2.23. The van der Waals surface area contributed by atoms with Crippen LogP contribution >= 0.6 is 0 Å². The highest BCUT2D eigenvalue weighted by atomic mass is 17.2. The molecule has 0 saturated carbocycles. The van der Waals surface area contributed by atoms with Crippen LogP contribution in [-0.2, 0) is 19.6 Å². The molecule has 22 heavy (non-hydrogen) atoms. The molecule has 0 aliphatic rings. The van der Waals surface area contributed by atoms with Crippen LogP contribution in [0.1, 0.15) is 62.5 Å². The van der Waals surface area contributed by atoms with E-state index in [2.05, 4.69) is 14.8 Å². The predicted molar refractivity (Wildman–Crippen MR) is 76.7 cm³/mol. The molecular weight excluding hydrogens is 290 g/mol. The van der Waals surface area contributed by atoms with Gasteiger partial charge in [0.15, 0.2) is 11.4 Å². The van der Waals surface area contributed by atoms with E-state index in [0.29, 0.717) is 0 Å². The third-order valence-electron chi connectivity index (χ3n) is 1.90. The van der Waals surface area contributed by atoms with Crippen molar-refractivity contribution < 1.29 is 29.1 Å². The fourth-order valence-electron chi connectivity index (χ4n) is 1.07. The summed E-state index contributed by atoms with van der Waals surface area (Å²) in [4.78, 5) is 46.6. The maximum absolute atomic E-state index is 11.8. The van der Waals surface area contributed by atoms with Gasteiger partial charge in [-0.3, -0.25) is 9.78 Å². The highest BCUT2D eigenvalue weighted by molar-refractivity contribution is 5.91. The largest absolute Gasteiger partial charge is 0.391 e. The minimum Gasteiger partial charge on any atom is -0.291 e. The molecule has 0 atom stereocenters. The highest BCUT2D eigenvalue weighted by Crippen LogP contribution is 2.12. The smallest absolute Gasteiger partial charge is 0.291 e.